The van der Waals surface area contributed by atoms with E-state index in [-0.39, 0.29) is 76.9 Å². The predicted octanol–water partition coefficient (Wildman–Crippen LogP) is 5.63. The Bertz CT molecular complexity index is 1900. The van der Waals surface area contributed by atoms with Gasteiger partial charge in [-0.05, 0) is 49.9 Å². The SMILES string of the molecule is C#Cc1c(F)ccc2cc(O)cc(-c3ncc4c(N5CC(F)(F)COCC5C)nc(OC[C@@]56CCCN5C[C@H](F)C6)nc4c3F)c12. The number of aromatic nitrogens is 3. The number of nitrogens with zero attached hydrogens (tertiary/aromatic N) is 5. The molecule has 3 saturated heterocycles. The zero-order valence-electron chi connectivity index (χ0n) is 24.9. The number of anilines is 1. The second kappa shape index (κ2) is 11.2. The van der Waals surface area contributed by atoms with E-state index in [1.165, 1.54) is 29.3 Å². The molecule has 240 valence electrons. The van der Waals surface area contributed by atoms with Crippen molar-refractivity contribution in [3.05, 3.63) is 47.7 Å². The summed E-state index contributed by atoms with van der Waals surface area (Å²) in [5, 5.41) is 11.0. The van der Waals surface area contributed by atoms with Gasteiger partial charge in [-0.1, -0.05) is 12.0 Å². The normalized spacial score (nSPS) is 24.7. The van der Waals surface area contributed by atoms with Gasteiger partial charge in [0.2, 0.25) is 0 Å². The summed E-state index contributed by atoms with van der Waals surface area (Å²) < 4.78 is 86.9. The fraction of sp³-hybridized carbons (Fsp3) is 0.424. The van der Waals surface area contributed by atoms with E-state index < -0.39 is 48.5 Å². The Hall–Kier alpha value is -4.28. The summed E-state index contributed by atoms with van der Waals surface area (Å²) in [6.07, 6.45) is 7.68. The van der Waals surface area contributed by atoms with Gasteiger partial charge in [-0.2, -0.15) is 9.97 Å². The van der Waals surface area contributed by atoms with Crippen molar-refractivity contribution in [3.63, 3.8) is 0 Å². The predicted molar refractivity (Wildman–Crippen MR) is 161 cm³/mol. The number of terminal acetylenes is 1. The number of phenolic OH excluding ortho intramolecular Hbond substituents is 1. The van der Waals surface area contributed by atoms with Gasteiger partial charge >= 0.3 is 6.01 Å². The van der Waals surface area contributed by atoms with Crippen LogP contribution in [-0.4, -0.2) is 88.1 Å². The lowest BCUT2D eigenvalue weighted by Gasteiger charge is -2.32. The zero-order valence-corrected chi connectivity index (χ0v) is 24.9. The first-order valence-corrected chi connectivity index (χ1v) is 15.0. The number of hydrogen-bond acceptors (Lipinski definition) is 8. The van der Waals surface area contributed by atoms with Gasteiger partial charge in [-0.25, -0.2) is 22.0 Å². The highest BCUT2D eigenvalue weighted by atomic mass is 19.3. The third-order valence-corrected chi connectivity index (χ3v) is 9.20. The Morgan fingerprint density at radius 1 is 1.22 bits per heavy atom. The van der Waals surface area contributed by atoms with E-state index in [2.05, 4.69) is 20.9 Å². The van der Waals surface area contributed by atoms with Crippen molar-refractivity contribution in [2.45, 2.75) is 49.9 Å². The quantitative estimate of drug-likeness (QED) is 0.223. The molecule has 0 bridgehead atoms. The molecule has 0 aliphatic carbocycles. The van der Waals surface area contributed by atoms with Crippen molar-refractivity contribution in [1.82, 2.24) is 19.9 Å². The fourth-order valence-electron chi connectivity index (χ4n) is 7.10. The van der Waals surface area contributed by atoms with Crippen LogP contribution in [0.25, 0.3) is 32.9 Å². The Balaban J connectivity index is 1.41. The Labute approximate surface area is 261 Å². The van der Waals surface area contributed by atoms with Gasteiger partial charge in [0.25, 0.3) is 5.92 Å². The smallest absolute Gasteiger partial charge is 0.319 e. The second-order valence-corrected chi connectivity index (χ2v) is 12.4. The van der Waals surface area contributed by atoms with Crippen LogP contribution in [0, 0.1) is 24.0 Å². The molecule has 0 amide bonds. The minimum atomic E-state index is -3.24. The third kappa shape index (κ3) is 5.13. The largest absolute Gasteiger partial charge is 0.508 e. The van der Waals surface area contributed by atoms with Crippen molar-refractivity contribution >= 4 is 27.5 Å². The van der Waals surface area contributed by atoms with Crippen molar-refractivity contribution in [2.75, 3.05) is 44.4 Å². The number of fused-ring (bicyclic) bond motifs is 3. The van der Waals surface area contributed by atoms with E-state index in [4.69, 9.17) is 15.9 Å². The van der Waals surface area contributed by atoms with E-state index in [1.807, 2.05) is 4.90 Å². The molecular weight excluding hydrogens is 609 g/mol. The number of benzene rings is 2. The van der Waals surface area contributed by atoms with E-state index in [9.17, 15) is 22.7 Å². The van der Waals surface area contributed by atoms with E-state index >= 15 is 4.39 Å². The molecule has 7 rings (SSSR count). The molecule has 1 unspecified atom stereocenters. The molecule has 13 heteroatoms. The van der Waals surface area contributed by atoms with E-state index in [0.29, 0.717) is 11.8 Å². The van der Waals surface area contributed by atoms with Gasteiger partial charge < -0.3 is 19.5 Å². The van der Waals surface area contributed by atoms with Gasteiger partial charge in [0, 0.05) is 30.1 Å². The van der Waals surface area contributed by atoms with Crippen LogP contribution in [0.1, 0.15) is 31.7 Å². The average Bonchev–Trinajstić information content (AvgIpc) is 3.49. The summed E-state index contributed by atoms with van der Waals surface area (Å²) in [6.45, 7) is 1.10. The lowest BCUT2D eigenvalue weighted by molar-refractivity contribution is -0.0572. The molecule has 2 aromatic heterocycles. The van der Waals surface area contributed by atoms with Crippen LogP contribution in [0.3, 0.4) is 0 Å². The highest BCUT2D eigenvalue weighted by Crippen LogP contribution is 2.42. The maximum atomic E-state index is 16.7. The summed E-state index contributed by atoms with van der Waals surface area (Å²) in [6, 6.07) is 4.26. The van der Waals surface area contributed by atoms with Gasteiger partial charge in [0.1, 0.15) is 48.0 Å². The minimum absolute atomic E-state index is 0.00739. The van der Waals surface area contributed by atoms with Crippen LogP contribution in [0.15, 0.2) is 30.5 Å². The number of rotatable bonds is 5. The lowest BCUT2D eigenvalue weighted by Crippen LogP contribution is -2.44. The fourth-order valence-corrected chi connectivity index (χ4v) is 7.10. The van der Waals surface area contributed by atoms with Crippen molar-refractivity contribution in [1.29, 1.82) is 0 Å². The number of hydrogen-bond donors (Lipinski definition) is 1. The first-order valence-electron chi connectivity index (χ1n) is 15.0. The molecule has 3 fully saturated rings. The van der Waals surface area contributed by atoms with Crippen LogP contribution in [0.4, 0.5) is 27.8 Å². The molecule has 3 atom stereocenters. The molecule has 8 nitrogen and oxygen atoms in total. The highest BCUT2D eigenvalue weighted by molar-refractivity contribution is 6.03. The number of pyridine rings is 1. The van der Waals surface area contributed by atoms with Crippen LogP contribution in [0.5, 0.6) is 11.8 Å². The molecule has 5 heterocycles. The van der Waals surface area contributed by atoms with Gasteiger partial charge in [0.05, 0.1) is 35.7 Å². The molecule has 0 saturated carbocycles. The average molecular weight is 640 g/mol. The number of alkyl halides is 3. The van der Waals surface area contributed by atoms with Gasteiger partial charge in [-0.15, -0.1) is 6.42 Å². The number of halogens is 5. The number of aromatic hydroxyl groups is 1. The van der Waals surface area contributed by atoms with Crippen LogP contribution in [0.2, 0.25) is 0 Å². The maximum Gasteiger partial charge on any atom is 0.319 e. The summed E-state index contributed by atoms with van der Waals surface area (Å²) in [4.78, 5) is 16.5. The molecular formula is C33H30F5N5O3. The summed E-state index contributed by atoms with van der Waals surface area (Å²) in [7, 11) is 0. The molecule has 46 heavy (non-hydrogen) atoms. The molecule has 4 aromatic rings. The summed E-state index contributed by atoms with van der Waals surface area (Å²) in [5.41, 5.74) is -1.32. The Morgan fingerprint density at radius 3 is 2.85 bits per heavy atom. The molecule has 2 aromatic carbocycles. The van der Waals surface area contributed by atoms with Crippen molar-refractivity contribution in [3.8, 4) is 35.4 Å². The molecule has 3 aliphatic rings. The standard InChI is InChI=1S/C33H30F5N5O3/c1-3-22-25(35)6-5-19-9-21(44)10-23(26(19)22)28-27(36)29-24(12-39-28)30(43-15-33(37,38)17-45-14-18(43)2)41-31(40-29)46-16-32-7-4-8-42(32)13-20(34)11-32/h1,5-6,9-10,12,18,20,44H,4,7-8,11,13-17H2,2H3/t18?,20-,32+/m1/s1. The van der Waals surface area contributed by atoms with Gasteiger partial charge in [-0.3, -0.25) is 9.88 Å². The minimum Gasteiger partial charge on any atom is -0.508 e. The van der Waals surface area contributed by atoms with Crippen molar-refractivity contribution < 1.29 is 36.5 Å². The summed E-state index contributed by atoms with van der Waals surface area (Å²) in [5.74, 6) is -2.93. The van der Waals surface area contributed by atoms with E-state index in [1.54, 1.807) is 6.92 Å². The van der Waals surface area contributed by atoms with Gasteiger partial charge in [0.15, 0.2) is 5.82 Å². The second-order valence-electron chi connectivity index (χ2n) is 12.4. The summed E-state index contributed by atoms with van der Waals surface area (Å²) >= 11 is 0. The molecule has 0 radical (unpaired) electrons. The molecule has 3 aliphatic heterocycles. The number of ether oxygens (including phenoxy) is 2. The first kappa shape index (κ1) is 30.4. The first-order chi connectivity index (χ1) is 22.0. The number of phenols is 1. The molecule has 1 N–H and O–H groups in total. The lowest BCUT2D eigenvalue weighted by atomic mass is 9.95. The maximum absolute atomic E-state index is 16.7. The van der Waals surface area contributed by atoms with E-state index in [0.717, 1.165) is 19.0 Å². The van der Waals surface area contributed by atoms with Crippen LogP contribution >= 0.6 is 0 Å². The highest BCUT2D eigenvalue weighted by Gasteiger charge is 2.49. The monoisotopic (exact) mass is 639 g/mol. The molecule has 0 spiro atoms. The Kier molecular flexibility index (Phi) is 7.40. The van der Waals surface area contributed by atoms with Crippen LogP contribution < -0.4 is 9.64 Å². The Morgan fingerprint density at radius 2 is 2.04 bits per heavy atom. The van der Waals surface area contributed by atoms with Crippen molar-refractivity contribution in [2.24, 2.45) is 0 Å². The zero-order chi connectivity index (χ0) is 32.4. The third-order valence-electron chi connectivity index (χ3n) is 9.20. The topological polar surface area (TPSA) is 83.8 Å². The van der Waals surface area contributed by atoms with Crippen LogP contribution in [-0.2, 0) is 4.74 Å².